The third-order valence-electron chi connectivity index (χ3n) is 3.23. The van der Waals surface area contributed by atoms with Crippen LogP contribution < -0.4 is 0 Å². The lowest BCUT2D eigenvalue weighted by atomic mass is 9.88. The molecule has 1 unspecified atom stereocenters. The minimum absolute atomic E-state index is 0.238. The molecule has 20 heavy (non-hydrogen) atoms. The van der Waals surface area contributed by atoms with Gasteiger partial charge in [-0.2, -0.15) is 0 Å². The molecule has 0 radical (unpaired) electrons. The van der Waals surface area contributed by atoms with E-state index < -0.39 is 6.10 Å². The molecule has 2 aromatic rings. The van der Waals surface area contributed by atoms with Gasteiger partial charge in [0.25, 0.3) is 0 Å². The van der Waals surface area contributed by atoms with E-state index in [9.17, 15) is 9.50 Å². The summed E-state index contributed by atoms with van der Waals surface area (Å²) in [6.07, 6.45) is -1.02. The predicted octanol–water partition coefficient (Wildman–Crippen LogP) is 3.67. The van der Waals surface area contributed by atoms with Crippen molar-refractivity contribution in [2.45, 2.75) is 46.1 Å². The number of halogens is 1. The summed E-state index contributed by atoms with van der Waals surface area (Å²) >= 11 is 1.12. The second-order valence-corrected chi connectivity index (χ2v) is 6.90. The Morgan fingerprint density at radius 2 is 1.90 bits per heavy atom. The van der Waals surface area contributed by atoms with Gasteiger partial charge < -0.3 is 5.11 Å². The topological polar surface area (TPSA) is 46.0 Å². The van der Waals surface area contributed by atoms with Gasteiger partial charge in [-0.05, 0) is 42.6 Å². The van der Waals surface area contributed by atoms with Crippen LogP contribution in [0.5, 0.6) is 0 Å². The molecular formula is C15H19FN2OS. The second-order valence-electron chi connectivity index (χ2n) is 6.12. The van der Waals surface area contributed by atoms with Crippen molar-refractivity contribution < 1.29 is 9.50 Å². The lowest BCUT2D eigenvalue weighted by Crippen LogP contribution is -2.17. The highest BCUT2D eigenvalue weighted by Crippen LogP contribution is 2.35. The first kappa shape index (κ1) is 15.1. The Balaban J connectivity index is 2.53. The largest absolute Gasteiger partial charge is 0.383 e. The van der Waals surface area contributed by atoms with Crippen molar-refractivity contribution in [2.24, 2.45) is 0 Å². The third-order valence-corrected chi connectivity index (χ3v) is 4.00. The van der Waals surface area contributed by atoms with Crippen LogP contribution in [0.3, 0.4) is 0 Å². The Hall–Kier alpha value is -1.33. The molecule has 0 aliphatic rings. The average Bonchev–Trinajstić information content (AvgIpc) is 2.75. The van der Waals surface area contributed by atoms with Gasteiger partial charge in [-0.3, -0.25) is 0 Å². The van der Waals surface area contributed by atoms with Gasteiger partial charge in [-0.25, -0.2) is 4.39 Å². The lowest BCUT2D eigenvalue weighted by molar-refractivity contribution is 0.215. The minimum atomic E-state index is -1.02. The fourth-order valence-corrected chi connectivity index (χ4v) is 3.16. The zero-order chi connectivity index (χ0) is 15.1. The first-order valence-corrected chi connectivity index (χ1v) is 7.26. The number of rotatable bonds is 2. The SMILES string of the molecule is Cc1cc(C)c(C(O)c2snnc2C(C)(C)C)c(F)c1. The summed E-state index contributed by atoms with van der Waals surface area (Å²) in [7, 11) is 0. The first-order chi connectivity index (χ1) is 9.21. The van der Waals surface area contributed by atoms with Crippen molar-refractivity contribution in [3.63, 3.8) is 0 Å². The van der Waals surface area contributed by atoms with Gasteiger partial charge in [-0.1, -0.05) is 31.3 Å². The Labute approximate surface area is 122 Å². The molecular weight excluding hydrogens is 275 g/mol. The number of aliphatic hydroxyl groups is 1. The van der Waals surface area contributed by atoms with Crippen LogP contribution in [0.1, 0.15) is 54.1 Å². The molecule has 0 saturated heterocycles. The molecule has 1 heterocycles. The molecule has 0 bridgehead atoms. The molecule has 5 heteroatoms. The number of aliphatic hydroxyl groups excluding tert-OH is 1. The number of nitrogens with zero attached hydrogens (tertiary/aromatic N) is 2. The van der Waals surface area contributed by atoms with Gasteiger partial charge in [0.15, 0.2) is 0 Å². The fraction of sp³-hybridized carbons (Fsp3) is 0.467. The zero-order valence-corrected chi connectivity index (χ0v) is 13.2. The monoisotopic (exact) mass is 294 g/mol. The van der Waals surface area contributed by atoms with Gasteiger partial charge in [0.1, 0.15) is 11.9 Å². The van der Waals surface area contributed by atoms with E-state index >= 15 is 0 Å². The normalized spacial score (nSPS) is 13.6. The molecule has 1 aromatic heterocycles. The zero-order valence-electron chi connectivity index (χ0n) is 12.4. The van der Waals surface area contributed by atoms with Gasteiger partial charge in [0.05, 0.1) is 10.6 Å². The Bertz CT molecular complexity index is 608. The molecule has 108 valence electrons. The van der Waals surface area contributed by atoms with Crippen molar-refractivity contribution in [3.8, 4) is 0 Å². The molecule has 2 rings (SSSR count). The highest BCUT2D eigenvalue weighted by atomic mass is 32.1. The lowest BCUT2D eigenvalue weighted by Gasteiger charge is -2.20. The molecule has 0 spiro atoms. The molecule has 1 aromatic carbocycles. The van der Waals surface area contributed by atoms with Crippen LogP contribution in [0.15, 0.2) is 12.1 Å². The molecule has 0 aliphatic carbocycles. The van der Waals surface area contributed by atoms with E-state index in [4.69, 9.17) is 0 Å². The smallest absolute Gasteiger partial charge is 0.129 e. The minimum Gasteiger partial charge on any atom is -0.383 e. The highest BCUT2D eigenvalue weighted by molar-refractivity contribution is 7.05. The van der Waals surface area contributed by atoms with Crippen LogP contribution in [0.2, 0.25) is 0 Å². The number of aryl methyl sites for hydroxylation is 2. The van der Waals surface area contributed by atoms with E-state index in [0.29, 0.717) is 10.4 Å². The van der Waals surface area contributed by atoms with Gasteiger partial charge >= 0.3 is 0 Å². The fourth-order valence-electron chi connectivity index (χ4n) is 2.30. The summed E-state index contributed by atoms with van der Waals surface area (Å²) in [6.45, 7) is 9.63. The van der Waals surface area contributed by atoms with E-state index in [1.807, 2.05) is 33.8 Å². The summed E-state index contributed by atoms with van der Waals surface area (Å²) in [5, 5.41) is 14.7. The summed E-state index contributed by atoms with van der Waals surface area (Å²) in [5.74, 6) is -0.386. The summed E-state index contributed by atoms with van der Waals surface area (Å²) in [6, 6.07) is 3.31. The van der Waals surface area contributed by atoms with Crippen molar-refractivity contribution >= 4 is 11.5 Å². The molecule has 0 aliphatic heterocycles. The summed E-state index contributed by atoms with van der Waals surface area (Å²) < 4.78 is 18.1. The summed E-state index contributed by atoms with van der Waals surface area (Å²) in [4.78, 5) is 0.614. The Morgan fingerprint density at radius 1 is 1.25 bits per heavy atom. The molecule has 1 N–H and O–H groups in total. The van der Waals surface area contributed by atoms with E-state index in [2.05, 4.69) is 9.59 Å². The van der Waals surface area contributed by atoms with Gasteiger partial charge in [-0.15, -0.1) is 5.10 Å². The van der Waals surface area contributed by atoms with Crippen molar-refractivity contribution in [1.82, 2.24) is 9.59 Å². The third kappa shape index (κ3) is 2.74. The molecule has 0 saturated carbocycles. The summed E-state index contributed by atoms with van der Waals surface area (Å²) in [5.41, 5.74) is 2.37. The standard InChI is InChI=1S/C15H19FN2OS/c1-8-6-9(2)11(10(16)7-8)12(19)13-14(15(3,4)5)17-18-20-13/h6-7,12,19H,1-5H3. The number of benzene rings is 1. The number of hydrogen-bond acceptors (Lipinski definition) is 4. The van der Waals surface area contributed by atoms with Gasteiger partial charge in [0, 0.05) is 11.0 Å². The highest BCUT2D eigenvalue weighted by Gasteiger charge is 2.29. The molecule has 0 fully saturated rings. The van der Waals surface area contributed by atoms with Crippen LogP contribution in [-0.2, 0) is 5.41 Å². The van der Waals surface area contributed by atoms with Crippen LogP contribution in [0.25, 0.3) is 0 Å². The number of aromatic nitrogens is 2. The Morgan fingerprint density at radius 3 is 2.45 bits per heavy atom. The maximum absolute atomic E-state index is 14.2. The molecule has 0 amide bonds. The maximum Gasteiger partial charge on any atom is 0.129 e. The van der Waals surface area contributed by atoms with E-state index in [-0.39, 0.29) is 11.2 Å². The Kier molecular flexibility index (Phi) is 3.93. The van der Waals surface area contributed by atoms with Crippen LogP contribution in [0, 0.1) is 19.7 Å². The predicted molar refractivity (Wildman–Crippen MR) is 78.5 cm³/mol. The van der Waals surface area contributed by atoms with Crippen LogP contribution in [-0.4, -0.2) is 14.7 Å². The van der Waals surface area contributed by atoms with Crippen LogP contribution in [0.4, 0.5) is 4.39 Å². The van der Waals surface area contributed by atoms with E-state index in [1.54, 1.807) is 6.92 Å². The van der Waals surface area contributed by atoms with Crippen molar-refractivity contribution in [2.75, 3.05) is 0 Å². The van der Waals surface area contributed by atoms with Crippen molar-refractivity contribution in [3.05, 3.63) is 45.2 Å². The molecule has 1 atom stereocenters. The number of hydrogen-bond donors (Lipinski definition) is 1. The van der Waals surface area contributed by atoms with Crippen molar-refractivity contribution in [1.29, 1.82) is 0 Å². The van der Waals surface area contributed by atoms with Crippen LogP contribution >= 0.6 is 11.5 Å². The van der Waals surface area contributed by atoms with E-state index in [0.717, 1.165) is 28.4 Å². The maximum atomic E-state index is 14.2. The van der Waals surface area contributed by atoms with E-state index in [1.165, 1.54) is 6.07 Å². The quantitative estimate of drug-likeness (QED) is 0.919. The molecule has 3 nitrogen and oxygen atoms in total. The average molecular weight is 294 g/mol. The first-order valence-electron chi connectivity index (χ1n) is 6.49. The van der Waals surface area contributed by atoms with Gasteiger partial charge in [0.2, 0.25) is 0 Å². The second kappa shape index (κ2) is 5.22.